The number of aromatic nitrogens is 2. The van der Waals surface area contributed by atoms with Gasteiger partial charge in [-0.05, 0) is 13.0 Å². The van der Waals surface area contributed by atoms with Gasteiger partial charge in [-0.1, -0.05) is 0 Å². The average Bonchev–Trinajstić information content (AvgIpc) is 1.88. The van der Waals surface area contributed by atoms with Crippen LogP contribution in [0.25, 0.3) is 0 Å². The summed E-state index contributed by atoms with van der Waals surface area (Å²) in [5.74, 6) is 1.04. The van der Waals surface area contributed by atoms with Gasteiger partial charge in [0.15, 0.2) is 0 Å². The molecule has 0 bridgehead atoms. The van der Waals surface area contributed by atoms with Crippen molar-refractivity contribution in [3.05, 3.63) is 18.1 Å². The molecule has 0 fully saturated rings. The Bertz CT molecular complexity index is 221. The first-order valence-electron chi connectivity index (χ1n) is 3.04. The first-order chi connectivity index (χ1) is 4.70. The number of nitrogens with zero attached hydrogens (tertiary/aromatic N) is 2. The summed E-state index contributed by atoms with van der Waals surface area (Å²) >= 11 is 0. The number of rotatable bonds is 1. The molecule has 0 aliphatic carbocycles. The van der Waals surface area contributed by atoms with E-state index in [4.69, 9.17) is 11.5 Å². The van der Waals surface area contributed by atoms with E-state index in [1.165, 1.54) is 0 Å². The first-order valence-corrected chi connectivity index (χ1v) is 3.04. The van der Waals surface area contributed by atoms with E-state index in [1.54, 1.807) is 12.3 Å². The van der Waals surface area contributed by atoms with Crippen LogP contribution in [0.3, 0.4) is 0 Å². The van der Waals surface area contributed by atoms with Gasteiger partial charge in [-0.2, -0.15) is 0 Å². The van der Waals surface area contributed by atoms with Crippen LogP contribution in [0.2, 0.25) is 0 Å². The van der Waals surface area contributed by atoms with Gasteiger partial charge in [0.25, 0.3) is 0 Å². The van der Waals surface area contributed by atoms with Crippen molar-refractivity contribution in [3.63, 3.8) is 0 Å². The topological polar surface area (TPSA) is 77.8 Å². The highest BCUT2D eigenvalue weighted by Crippen LogP contribution is 2.02. The van der Waals surface area contributed by atoms with Crippen LogP contribution in [-0.4, -0.2) is 9.97 Å². The molecule has 4 heteroatoms. The highest BCUT2D eigenvalue weighted by atomic mass is 15.0. The monoisotopic (exact) mass is 138 g/mol. The van der Waals surface area contributed by atoms with Gasteiger partial charge < -0.3 is 11.5 Å². The van der Waals surface area contributed by atoms with Gasteiger partial charge in [-0.3, -0.25) is 0 Å². The van der Waals surface area contributed by atoms with Gasteiger partial charge in [0.1, 0.15) is 11.6 Å². The summed E-state index contributed by atoms with van der Waals surface area (Å²) in [6, 6.07) is 1.48. The molecule has 1 atom stereocenters. The fraction of sp³-hybridized carbons (Fsp3) is 0.333. The van der Waals surface area contributed by atoms with Gasteiger partial charge in [-0.25, -0.2) is 9.97 Å². The molecule has 1 rings (SSSR count). The number of hydrogen-bond donors (Lipinski definition) is 2. The third kappa shape index (κ3) is 1.41. The quantitative estimate of drug-likeness (QED) is 0.576. The maximum absolute atomic E-state index is 5.50. The lowest BCUT2D eigenvalue weighted by Gasteiger charge is -2.01. The van der Waals surface area contributed by atoms with Crippen molar-refractivity contribution in [2.45, 2.75) is 13.0 Å². The highest BCUT2D eigenvalue weighted by Gasteiger charge is 2.00. The predicted molar refractivity (Wildman–Crippen MR) is 39.0 cm³/mol. The Balaban J connectivity index is 2.96. The number of nitrogen functional groups attached to an aromatic ring is 1. The standard InChI is InChI=1S/C6H10N4/c1-4(7)6-9-3-2-5(8)10-6/h2-4H,7H2,1H3,(H2,8,9,10)/t4-/m1/s1. The van der Waals surface area contributed by atoms with Gasteiger partial charge >= 0.3 is 0 Å². The molecule has 4 N–H and O–H groups in total. The Hall–Kier alpha value is -1.16. The Morgan fingerprint density at radius 3 is 2.70 bits per heavy atom. The van der Waals surface area contributed by atoms with Crippen molar-refractivity contribution in [1.82, 2.24) is 9.97 Å². The molecule has 1 aromatic heterocycles. The average molecular weight is 138 g/mol. The third-order valence-electron chi connectivity index (χ3n) is 1.10. The molecule has 0 saturated heterocycles. The molecule has 0 aliphatic heterocycles. The second-order valence-electron chi connectivity index (χ2n) is 2.13. The third-order valence-corrected chi connectivity index (χ3v) is 1.10. The van der Waals surface area contributed by atoms with Crippen LogP contribution in [0.15, 0.2) is 12.3 Å². The minimum atomic E-state index is -0.150. The molecule has 1 heterocycles. The van der Waals surface area contributed by atoms with Gasteiger partial charge in [-0.15, -0.1) is 0 Å². The lowest BCUT2D eigenvalue weighted by atomic mass is 10.3. The minimum Gasteiger partial charge on any atom is -0.384 e. The highest BCUT2D eigenvalue weighted by molar-refractivity contribution is 5.25. The lowest BCUT2D eigenvalue weighted by molar-refractivity contribution is 0.741. The number of anilines is 1. The van der Waals surface area contributed by atoms with Crippen LogP contribution in [0, 0.1) is 0 Å². The zero-order valence-corrected chi connectivity index (χ0v) is 5.78. The predicted octanol–water partition coefficient (Wildman–Crippen LogP) is 0.0785. The van der Waals surface area contributed by atoms with Crippen LogP contribution in [0.5, 0.6) is 0 Å². The van der Waals surface area contributed by atoms with E-state index >= 15 is 0 Å². The van der Waals surface area contributed by atoms with Gasteiger partial charge in [0.05, 0.1) is 6.04 Å². The molecule has 0 radical (unpaired) electrons. The summed E-state index contributed by atoms with van der Waals surface area (Å²) in [6.45, 7) is 1.81. The number of hydrogen-bond acceptors (Lipinski definition) is 4. The van der Waals surface area contributed by atoms with Crippen molar-refractivity contribution in [3.8, 4) is 0 Å². The summed E-state index contributed by atoms with van der Waals surface area (Å²) in [6.07, 6.45) is 1.60. The number of nitrogens with two attached hydrogens (primary N) is 2. The van der Waals surface area contributed by atoms with Crippen molar-refractivity contribution in [2.24, 2.45) is 5.73 Å². The molecule has 0 amide bonds. The molecular formula is C6H10N4. The van der Waals surface area contributed by atoms with Crippen molar-refractivity contribution < 1.29 is 0 Å². The largest absolute Gasteiger partial charge is 0.384 e. The Labute approximate surface area is 59.3 Å². The van der Waals surface area contributed by atoms with E-state index in [0.717, 1.165) is 0 Å². The van der Waals surface area contributed by atoms with Crippen LogP contribution >= 0.6 is 0 Å². The van der Waals surface area contributed by atoms with E-state index in [2.05, 4.69) is 9.97 Å². The molecule has 54 valence electrons. The van der Waals surface area contributed by atoms with E-state index in [1.807, 2.05) is 6.92 Å². The fourth-order valence-electron chi connectivity index (χ4n) is 0.608. The van der Waals surface area contributed by atoms with E-state index in [0.29, 0.717) is 11.6 Å². The fourth-order valence-corrected chi connectivity index (χ4v) is 0.608. The summed E-state index contributed by atoms with van der Waals surface area (Å²) in [5, 5.41) is 0. The van der Waals surface area contributed by atoms with Crippen LogP contribution in [0.1, 0.15) is 18.8 Å². The van der Waals surface area contributed by atoms with E-state index < -0.39 is 0 Å². The molecule has 0 spiro atoms. The summed E-state index contributed by atoms with van der Waals surface area (Å²) < 4.78 is 0. The van der Waals surface area contributed by atoms with Crippen LogP contribution in [0.4, 0.5) is 5.82 Å². The van der Waals surface area contributed by atoms with Crippen molar-refractivity contribution >= 4 is 5.82 Å². The smallest absolute Gasteiger partial charge is 0.147 e. The molecule has 0 saturated carbocycles. The SMILES string of the molecule is C[C@@H](N)c1nccc(N)n1. The Morgan fingerprint density at radius 2 is 2.30 bits per heavy atom. The summed E-state index contributed by atoms with van der Waals surface area (Å²) in [5.41, 5.74) is 10.9. The zero-order chi connectivity index (χ0) is 7.56. The zero-order valence-electron chi connectivity index (χ0n) is 5.78. The molecular weight excluding hydrogens is 128 g/mol. The molecule has 0 aromatic carbocycles. The molecule has 1 aromatic rings. The second kappa shape index (κ2) is 2.62. The van der Waals surface area contributed by atoms with Crippen LogP contribution in [-0.2, 0) is 0 Å². The van der Waals surface area contributed by atoms with Crippen molar-refractivity contribution in [2.75, 3.05) is 5.73 Å². The van der Waals surface area contributed by atoms with Crippen molar-refractivity contribution in [1.29, 1.82) is 0 Å². The Morgan fingerprint density at radius 1 is 1.60 bits per heavy atom. The molecule has 4 nitrogen and oxygen atoms in total. The lowest BCUT2D eigenvalue weighted by Crippen LogP contribution is -2.10. The second-order valence-corrected chi connectivity index (χ2v) is 2.13. The normalized spacial score (nSPS) is 13.0. The van der Waals surface area contributed by atoms with E-state index in [-0.39, 0.29) is 6.04 Å². The Kier molecular flexibility index (Phi) is 1.82. The molecule has 10 heavy (non-hydrogen) atoms. The maximum Gasteiger partial charge on any atom is 0.147 e. The van der Waals surface area contributed by atoms with E-state index in [9.17, 15) is 0 Å². The van der Waals surface area contributed by atoms with Gasteiger partial charge in [0, 0.05) is 6.20 Å². The molecule has 0 aliphatic rings. The van der Waals surface area contributed by atoms with Crippen LogP contribution < -0.4 is 11.5 Å². The first kappa shape index (κ1) is 6.95. The molecule has 0 unspecified atom stereocenters. The van der Waals surface area contributed by atoms with Gasteiger partial charge in [0.2, 0.25) is 0 Å². The maximum atomic E-state index is 5.50. The summed E-state index contributed by atoms with van der Waals surface area (Å²) in [7, 11) is 0. The minimum absolute atomic E-state index is 0.150. The summed E-state index contributed by atoms with van der Waals surface area (Å²) in [4.78, 5) is 7.84.